The second-order valence-corrected chi connectivity index (χ2v) is 3.81. The van der Waals surface area contributed by atoms with Crippen LogP contribution in [0.2, 0.25) is 0 Å². The molecule has 0 aliphatic heterocycles. The first-order valence-corrected chi connectivity index (χ1v) is 5.65. The van der Waals surface area contributed by atoms with Crippen LogP contribution < -0.4 is 5.32 Å². The quantitative estimate of drug-likeness (QED) is 0.822. The largest absolute Gasteiger partial charge is 0.379 e. The van der Waals surface area contributed by atoms with E-state index < -0.39 is 6.88 Å². The molecule has 0 heterocycles. The summed E-state index contributed by atoms with van der Waals surface area (Å²) in [6, 6.07) is 19.3. The van der Waals surface area contributed by atoms with Gasteiger partial charge in [-0.25, -0.2) is 0 Å². The zero-order chi connectivity index (χ0) is 13.5. The predicted octanol–water partition coefficient (Wildman–Crippen LogP) is 4.20. The molecule has 0 saturated heterocycles. The van der Waals surface area contributed by atoms with Crippen LogP contribution >= 0.6 is 0 Å². The second kappa shape index (κ2) is 5.90. The van der Waals surface area contributed by atoms with Gasteiger partial charge < -0.3 is 5.32 Å². The molecule has 1 heteroatoms. The van der Waals surface area contributed by atoms with Crippen LogP contribution in [-0.4, -0.2) is 6.04 Å². The Hall–Kier alpha value is -2.02. The highest BCUT2D eigenvalue weighted by atomic mass is 14.9. The van der Waals surface area contributed by atoms with Gasteiger partial charge in [-0.3, -0.25) is 0 Å². The molecule has 0 aromatic heterocycles. The molecule has 0 fully saturated rings. The minimum atomic E-state index is -0.958. The lowest BCUT2D eigenvalue weighted by Gasteiger charge is -2.10. The third kappa shape index (κ3) is 3.80. The molecule has 1 nitrogen and oxygen atoms in total. The highest BCUT2D eigenvalue weighted by Crippen LogP contribution is 2.08. The number of hydrogen-bond donors (Lipinski definition) is 1. The summed E-state index contributed by atoms with van der Waals surface area (Å²) in [6.07, 6.45) is 3.81. The molecule has 0 bridgehead atoms. The van der Waals surface area contributed by atoms with Crippen molar-refractivity contribution in [2.75, 3.05) is 5.32 Å². The summed E-state index contributed by atoms with van der Waals surface area (Å²) in [5, 5.41) is 3.19. The highest BCUT2D eigenvalue weighted by molar-refractivity contribution is 5.52. The van der Waals surface area contributed by atoms with Crippen molar-refractivity contribution in [2.24, 2.45) is 0 Å². The van der Waals surface area contributed by atoms with Crippen molar-refractivity contribution in [2.45, 2.75) is 12.9 Å². The summed E-state index contributed by atoms with van der Waals surface area (Å²) in [6.45, 7) is -0.958. The Morgan fingerprint density at radius 3 is 2.29 bits per heavy atom. The van der Waals surface area contributed by atoms with Gasteiger partial charge >= 0.3 is 0 Å². The van der Waals surface area contributed by atoms with Gasteiger partial charge in [0.15, 0.2) is 0 Å². The van der Waals surface area contributed by atoms with Gasteiger partial charge in [0, 0.05) is 14.5 Å². The smallest absolute Gasteiger partial charge is 0.0419 e. The molecule has 0 aliphatic carbocycles. The van der Waals surface area contributed by atoms with Crippen molar-refractivity contribution in [3.8, 4) is 0 Å². The highest BCUT2D eigenvalue weighted by Gasteiger charge is 1.95. The monoisotopic (exact) mass is 225 g/mol. The molecule has 1 atom stereocenters. The van der Waals surface area contributed by atoms with E-state index in [-0.39, 0.29) is 6.04 Å². The molecule has 2 aromatic rings. The number of benzene rings is 2. The summed E-state index contributed by atoms with van der Waals surface area (Å²) in [5.74, 6) is 0. The van der Waals surface area contributed by atoms with Crippen LogP contribution in [0, 0.1) is 0 Å². The number of hydrogen-bond acceptors (Lipinski definition) is 1. The van der Waals surface area contributed by atoms with Crippen LogP contribution in [0.15, 0.2) is 66.7 Å². The van der Waals surface area contributed by atoms with Crippen LogP contribution in [0.1, 0.15) is 15.2 Å². The van der Waals surface area contributed by atoms with Crippen molar-refractivity contribution >= 4 is 11.8 Å². The number of anilines is 1. The van der Waals surface area contributed by atoms with E-state index in [9.17, 15) is 0 Å². The average Bonchev–Trinajstić information content (AvgIpc) is 2.45. The molecule has 2 aromatic carbocycles. The molecule has 1 unspecified atom stereocenters. The standard InChI is InChI=1S/C16H17N/c1-14(17-16-10-6-3-7-11-16)12-13-15-8-4-2-5-9-15/h2-14,17H,1H3/b13-12+/i1D2. The van der Waals surface area contributed by atoms with E-state index >= 15 is 0 Å². The summed E-state index contributed by atoms with van der Waals surface area (Å²) in [5.41, 5.74) is 2.00. The van der Waals surface area contributed by atoms with Gasteiger partial charge in [-0.2, -0.15) is 0 Å². The first kappa shape index (κ1) is 9.06. The normalized spacial score (nSPS) is 14.4. The van der Waals surface area contributed by atoms with Crippen molar-refractivity contribution < 1.29 is 2.74 Å². The minimum absolute atomic E-state index is 0.331. The van der Waals surface area contributed by atoms with Crippen LogP contribution in [0.3, 0.4) is 0 Å². The Balaban J connectivity index is 2.07. The zero-order valence-electron chi connectivity index (χ0n) is 11.6. The number of para-hydroxylation sites is 1. The van der Waals surface area contributed by atoms with Gasteiger partial charge in [-0.15, -0.1) is 0 Å². The van der Waals surface area contributed by atoms with Crippen LogP contribution in [-0.2, 0) is 0 Å². The Labute approximate surface area is 106 Å². The fourth-order valence-corrected chi connectivity index (χ4v) is 1.55. The molecule has 0 saturated carbocycles. The van der Waals surface area contributed by atoms with Gasteiger partial charge in [0.05, 0.1) is 0 Å². The molecule has 0 spiro atoms. The Morgan fingerprint density at radius 2 is 1.65 bits per heavy atom. The maximum atomic E-state index is 7.60. The van der Waals surface area contributed by atoms with Gasteiger partial charge in [0.2, 0.25) is 0 Å². The molecule has 0 aliphatic rings. The SMILES string of the molecule is [2H]C([2H])C(/C=C/c1ccccc1)Nc1ccccc1. The second-order valence-electron chi connectivity index (χ2n) is 3.81. The molecule has 2 rings (SSSR count). The molecular formula is C16H17N. The van der Waals surface area contributed by atoms with Crippen LogP contribution in [0.5, 0.6) is 0 Å². The lowest BCUT2D eigenvalue weighted by atomic mass is 10.2. The van der Waals surface area contributed by atoms with Crippen molar-refractivity contribution in [3.05, 3.63) is 72.3 Å². The Morgan fingerprint density at radius 1 is 1.00 bits per heavy atom. The fourth-order valence-electron chi connectivity index (χ4n) is 1.55. The van der Waals surface area contributed by atoms with E-state index in [0.29, 0.717) is 0 Å². The van der Waals surface area contributed by atoms with Crippen molar-refractivity contribution in [3.63, 3.8) is 0 Å². The van der Waals surface area contributed by atoms with Gasteiger partial charge in [-0.1, -0.05) is 60.7 Å². The zero-order valence-corrected chi connectivity index (χ0v) is 9.58. The van der Waals surface area contributed by atoms with Gasteiger partial charge in [-0.05, 0) is 24.6 Å². The first-order chi connectivity index (χ1) is 9.25. The average molecular weight is 225 g/mol. The van der Waals surface area contributed by atoms with Crippen molar-refractivity contribution in [1.29, 1.82) is 0 Å². The summed E-state index contributed by atoms with van der Waals surface area (Å²) < 4.78 is 15.2. The van der Waals surface area contributed by atoms with E-state index in [1.54, 1.807) is 0 Å². The van der Waals surface area contributed by atoms with Gasteiger partial charge in [0.1, 0.15) is 0 Å². The Kier molecular flexibility index (Phi) is 3.14. The topological polar surface area (TPSA) is 12.0 Å². The van der Waals surface area contributed by atoms with E-state index in [1.807, 2.05) is 72.8 Å². The molecular weight excluding hydrogens is 206 g/mol. The lowest BCUT2D eigenvalue weighted by Crippen LogP contribution is -2.11. The molecule has 86 valence electrons. The van der Waals surface area contributed by atoms with Gasteiger partial charge in [0.25, 0.3) is 0 Å². The maximum absolute atomic E-state index is 7.60. The van der Waals surface area contributed by atoms with Crippen LogP contribution in [0.25, 0.3) is 6.08 Å². The molecule has 0 amide bonds. The number of nitrogens with one attached hydrogen (secondary N) is 1. The molecule has 17 heavy (non-hydrogen) atoms. The summed E-state index contributed by atoms with van der Waals surface area (Å²) >= 11 is 0. The Bertz CT molecular complexity index is 509. The molecule has 0 radical (unpaired) electrons. The number of rotatable bonds is 4. The van der Waals surface area contributed by atoms with E-state index in [4.69, 9.17) is 2.74 Å². The summed E-state index contributed by atoms with van der Waals surface area (Å²) in [7, 11) is 0. The van der Waals surface area contributed by atoms with E-state index in [2.05, 4.69) is 5.32 Å². The minimum Gasteiger partial charge on any atom is -0.379 e. The lowest BCUT2D eigenvalue weighted by molar-refractivity contribution is 1.00. The first-order valence-electron chi connectivity index (χ1n) is 6.80. The third-order valence-electron chi connectivity index (χ3n) is 2.40. The predicted molar refractivity (Wildman–Crippen MR) is 75.0 cm³/mol. The fraction of sp³-hybridized carbons (Fsp3) is 0.125. The van der Waals surface area contributed by atoms with E-state index in [0.717, 1.165) is 11.3 Å². The third-order valence-corrected chi connectivity index (χ3v) is 2.40. The summed E-state index contributed by atoms with van der Waals surface area (Å²) in [4.78, 5) is 0. The van der Waals surface area contributed by atoms with Crippen LogP contribution in [0.4, 0.5) is 5.69 Å². The molecule has 1 N–H and O–H groups in total. The van der Waals surface area contributed by atoms with Crippen molar-refractivity contribution in [1.82, 2.24) is 0 Å². The van der Waals surface area contributed by atoms with E-state index in [1.165, 1.54) is 0 Å². The maximum Gasteiger partial charge on any atom is 0.0419 e.